The zero-order chi connectivity index (χ0) is 23.0. The number of hydrazine groups is 1. The number of ether oxygens (including phenoxy) is 1. The standard InChI is InChI=1S/C26H35N3O2.H2/c1-7-24(28-6)26(29-27)19(5)18(4)23(16-25(30)31-8-2)21-13-12-17(3)22(15-21)14-20-10-9-11-20;/h7,9-13,15,23,28-29H,4,8,14,16,27H2,1-3,5-6H3;1H/b24-7+,26-19+;. The van der Waals surface area contributed by atoms with E-state index in [1.807, 2.05) is 33.9 Å². The van der Waals surface area contributed by atoms with Gasteiger partial charge in [0.2, 0.25) is 0 Å². The summed E-state index contributed by atoms with van der Waals surface area (Å²) in [7, 11) is 1.84. The van der Waals surface area contributed by atoms with Crippen molar-refractivity contribution in [3.63, 3.8) is 0 Å². The number of allylic oxidation sites excluding steroid dienone is 7. The van der Waals surface area contributed by atoms with Crippen LogP contribution in [0.4, 0.5) is 0 Å². The molecule has 0 bridgehead atoms. The Balaban J connectivity index is 0.00000512. The van der Waals surface area contributed by atoms with Crippen LogP contribution >= 0.6 is 0 Å². The van der Waals surface area contributed by atoms with Crippen molar-refractivity contribution < 1.29 is 11.0 Å². The van der Waals surface area contributed by atoms with Gasteiger partial charge in [0.25, 0.3) is 0 Å². The smallest absolute Gasteiger partial charge is 0.306 e. The molecule has 1 unspecified atom stereocenters. The van der Waals surface area contributed by atoms with Crippen LogP contribution in [0, 0.1) is 6.92 Å². The molecule has 1 aromatic carbocycles. The first-order chi connectivity index (χ1) is 14.9. The molecule has 2 rings (SSSR count). The molecule has 0 radical (unpaired) electrons. The first-order valence-corrected chi connectivity index (χ1v) is 10.7. The van der Waals surface area contributed by atoms with Gasteiger partial charge in [0.05, 0.1) is 24.4 Å². The van der Waals surface area contributed by atoms with Crippen LogP contribution in [0.15, 0.2) is 77.2 Å². The largest absolute Gasteiger partial charge is 0.466 e. The molecule has 5 nitrogen and oxygen atoms in total. The SMILES string of the molecule is C=C(/C(C)=C(NN)\C(=C/C)NC)C(CC(=O)OCC)c1ccc(C)c(CC2=CC=C2)c1.[HH]. The predicted molar refractivity (Wildman–Crippen MR) is 130 cm³/mol. The van der Waals surface area contributed by atoms with Gasteiger partial charge in [-0.15, -0.1) is 0 Å². The van der Waals surface area contributed by atoms with Crippen LogP contribution in [0.5, 0.6) is 0 Å². The molecule has 1 aromatic rings. The number of likely N-dealkylation sites (N-methyl/N-ethyl adjacent to an activating group) is 1. The summed E-state index contributed by atoms with van der Waals surface area (Å²) in [4.78, 5) is 12.5. The lowest BCUT2D eigenvalue weighted by Gasteiger charge is -2.24. The molecule has 31 heavy (non-hydrogen) atoms. The topological polar surface area (TPSA) is 76.4 Å². The first-order valence-electron chi connectivity index (χ1n) is 10.7. The summed E-state index contributed by atoms with van der Waals surface area (Å²) < 4.78 is 5.27. The summed E-state index contributed by atoms with van der Waals surface area (Å²) in [6, 6.07) is 6.39. The molecular formula is C26H37N3O2. The number of nitrogens with one attached hydrogen (secondary N) is 2. The van der Waals surface area contributed by atoms with Crippen molar-refractivity contribution in [2.45, 2.75) is 46.5 Å². The summed E-state index contributed by atoms with van der Waals surface area (Å²) in [5.41, 5.74) is 11.0. The van der Waals surface area contributed by atoms with Gasteiger partial charge in [-0.2, -0.15) is 0 Å². The molecule has 168 valence electrons. The molecule has 0 aromatic heterocycles. The fraction of sp³-hybridized carbons (Fsp3) is 0.346. The lowest BCUT2D eigenvalue weighted by atomic mass is 9.82. The highest BCUT2D eigenvalue weighted by Crippen LogP contribution is 2.35. The van der Waals surface area contributed by atoms with E-state index >= 15 is 0 Å². The number of hydrogen-bond acceptors (Lipinski definition) is 5. The molecule has 0 saturated carbocycles. The molecule has 0 amide bonds. The zero-order valence-corrected chi connectivity index (χ0v) is 19.3. The van der Waals surface area contributed by atoms with Crippen molar-refractivity contribution in [1.82, 2.24) is 10.7 Å². The Morgan fingerprint density at radius 1 is 1.39 bits per heavy atom. The third-order valence-electron chi connectivity index (χ3n) is 5.72. The highest BCUT2D eigenvalue weighted by molar-refractivity contribution is 5.72. The molecule has 4 N–H and O–H groups in total. The number of aryl methyl sites for hydroxylation is 1. The van der Waals surface area contributed by atoms with Gasteiger partial charge in [-0.3, -0.25) is 10.6 Å². The monoisotopic (exact) mass is 423 g/mol. The molecule has 1 atom stereocenters. The zero-order valence-electron chi connectivity index (χ0n) is 19.3. The minimum absolute atomic E-state index is 0. The molecule has 0 fully saturated rings. The van der Waals surface area contributed by atoms with E-state index in [9.17, 15) is 4.79 Å². The maximum absolute atomic E-state index is 12.5. The lowest BCUT2D eigenvalue weighted by molar-refractivity contribution is -0.143. The van der Waals surface area contributed by atoms with E-state index in [-0.39, 0.29) is 19.7 Å². The van der Waals surface area contributed by atoms with Crippen LogP contribution in [0.1, 0.15) is 51.2 Å². The minimum Gasteiger partial charge on any atom is -0.466 e. The molecule has 0 heterocycles. The van der Waals surface area contributed by atoms with Crippen LogP contribution < -0.4 is 16.6 Å². The van der Waals surface area contributed by atoms with Crippen molar-refractivity contribution in [3.05, 3.63) is 93.9 Å². The van der Waals surface area contributed by atoms with Crippen molar-refractivity contribution in [2.24, 2.45) is 5.84 Å². The molecule has 0 spiro atoms. The number of benzene rings is 1. The Morgan fingerprint density at radius 2 is 2.10 bits per heavy atom. The average Bonchev–Trinajstić information content (AvgIpc) is 2.73. The summed E-state index contributed by atoms with van der Waals surface area (Å²) in [5, 5.41) is 3.14. The van der Waals surface area contributed by atoms with E-state index < -0.39 is 0 Å². The number of nitrogens with two attached hydrogens (primary N) is 1. The van der Waals surface area contributed by atoms with Crippen LogP contribution in [0.3, 0.4) is 0 Å². The third-order valence-corrected chi connectivity index (χ3v) is 5.72. The molecule has 1 aliphatic rings. The second-order valence-electron chi connectivity index (χ2n) is 7.65. The van der Waals surface area contributed by atoms with Crippen LogP contribution in [0.25, 0.3) is 0 Å². The Hall–Kier alpha value is -3.05. The van der Waals surface area contributed by atoms with Gasteiger partial charge >= 0.3 is 5.97 Å². The molecule has 0 aliphatic heterocycles. The Morgan fingerprint density at radius 3 is 2.61 bits per heavy atom. The van der Waals surface area contributed by atoms with Crippen molar-refractivity contribution >= 4 is 5.97 Å². The third kappa shape index (κ3) is 5.98. The number of esters is 1. The van der Waals surface area contributed by atoms with Crippen molar-refractivity contribution in [3.8, 4) is 0 Å². The molecule has 1 aliphatic carbocycles. The second kappa shape index (κ2) is 11.4. The van der Waals surface area contributed by atoms with Crippen molar-refractivity contribution in [2.75, 3.05) is 13.7 Å². The highest BCUT2D eigenvalue weighted by atomic mass is 16.5. The van der Waals surface area contributed by atoms with Gasteiger partial charge in [0.1, 0.15) is 0 Å². The predicted octanol–water partition coefficient (Wildman–Crippen LogP) is 4.73. The summed E-state index contributed by atoms with van der Waals surface area (Å²) in [5.74, 6) is 5.38. The van der Waals surface area contributed by atoms with Crippen molar-refractivity contribution in [1.29, 1.82) is 0 Å². The van der Waals surface area contributed by atoms with Crippen LogP contribution in [-0.4, -0.2) is 19.6 Å². The van der Waals surface area contributed by atoms with E-state index in [2.05, 4.69) is 60.7 Å². The summed E-state index contributed by atoms with van der Waals surface area (Å²) in [6.45, 7) is 12.6. The van der Waals surface area contributed by atoms with Gasteiger partial charge in [-0.05, 0) is 67.5 Å². The highest BCUT2D eigenvalue weighted by Gasteiger charge is 2.24. The number of carbonyl (C=O) groups excluding carboxylic acids is 1. The van der Waals surface area contributed by atoms with E-state index in [1.165, 1.54) is 16.7 Å². The Kier molecular flexibility index (Phi) is 8.88. The maximum Gasteiger partial charge on any atom is 0.306 e. The van der Waals surface area contributed by atoms with Crippen LogP contribution in [0.2, 0.25) is 0 Å². The van der Waals surface area contributed by atoms with E-state index in [0.717, 1.165) is 34.5 Å². The van der Waals surface area contributed by atoms with E-state index in [1.54, 1.807) is 0 Å². The number of hydrogen-bond donors (Lipinski definition) is 3. The van der Waals surface area contributed by atoms with Gasteiger partial charge in [0, 0.05) is 14.4 Å². The quantitative estimate of drug-likeness (QED) is 0.208. The summed E-state index contributed by atoms with van der Waals surface area (Å²) >= 11 is 0. The van der Waals surface area contributed by atoms with E-state index in [4.69, 9.17) is 10.6 Å². The Labute approximate surface area is 187 Å². The second-order valence-corrected chi connectivity index (χ2v) is 7.65. The lowest BCUT2D eigenvalue weighted by Crippen LogP contribution is -2.28. The minimum atomic E-state index is -0.240. The fourth-order valence-electron chi connectivity index (χ4n) is 3.72. The number of rotatable bonds is 11. The van der Waals surface area contributed by atoms with Gasteiger partial charge in [0.15, 0.2) is 0 Å². The Bertz CT molecular complexity index is 958. The van der Waals surface area contributed by atoms with Gasteiger partial charge < -0.3 is 15.5 Å². The summed E-state index contributed by atoms with van der Waals surface area (Å²) in [6.07, 6.45) is 9.35. The maximum atomic E-state index is 12.5. The normalized spacial score (nSPS) is 14.8. The molecular weight excluding hydrogens is 386 g/mol. The van der Waals surface area contributed by atoms with Gasteiger partial charge in [-0.1, -0.05) is 49.1 Å². The van der Waals surface area contributed by atoms with Crippen LogP contribution in [-0.2, 0) is 16.0 Å². The van der Waals surface area contributed by atoms with Gasteiger partial charge in [-0.25, -0.2) is 0 Å². The fourth-order valence-corrected chi connectivity index (χ4v) is 3.72. The average molecular weight is 424 g/mol. The number of carbonyl (C=O) groups is 1. The molecule has 5 heteroatoms. The first kappa shape index (κ1) is 24.2. The molecule has 0 saturated heterocycles. The van der Waals surface area contributed by atoms with E-state index in [0.29, 0.717) is 6.61 Å².